The second kappa shape index (κ2) is 9.92. The summed E-state index contributed by atoms with van der Waals surface area (Å²) in [6, 6.07) is 0. The molecule has 0 bridgehead atoms. The van der Waals surface area contributed by atoms with Crippen molar-refractivity contribution in [3.63, 3.8) is 0 Å². The maximum Gasteiger partial charge on any atom is 0.460 e. The monoisotopic (exact) mass is 671 g/mol. The Bertz CT molecular complexity index is 945. The Kier molecular flexibility index (Phi) is 8.93. The molecule has 1 aliphatic carbocycles. The number of hydrogen-bond donors (Lipinski definition) is 0. The highest BCUT2D eigenvalue weighted by Crippen LogP contribution is 2.58. The van der Waals surface area contributed by atoms with E-state index in [-0.39, 0.29) is 6.08 Å². The van der Waals surface area contributed by atoms with E-state index in [4.69, 9.17) is 0 Å². The summed E-state index contributed by atoms with van der Waals surface area (Å²) in [6.45, 7) is 0. The van der Waals surface area contributed by atoms with Crippen molar-refractivity contribution in [2.75, 3.05) is 0 Å². The fraction of sp³-hybridized carbons (Fsp3) is 0.611. The van der Waals surface area contributed by atoms with Crippen LogP contribution >= 0.6 is 22.6 Å². The summed E-state index contributed by atoms with van der Waals surface area (Å²) < 4.78 is 196. The number of carbonyl (C=O) groups excluding carboxylic acids is 1. The summed E-state index contributed by atoms with van der Waals surface area (Å²) in [5.74, 6) is -41.1. The molecular weight excluding hydrogens is 660 g/mol. The maximum absolute atomic E-state index is 13.8. The van der Waals surface area contributed by atoms with Crippen LogP contribution in [0.15, 0.2) is 33.0 Å². The van der Waals surface area contributed by atoms with E-state index in [1.54, 1.807) is 0 Å². The van der Waals surface area contributed by atoms with Gasteiger partial charge in [0.05, 0.1) is 11.5 Å². The lowest BCUT2D eigenvalue weighted by Crippen LogP contribution is -2.66. The molecule has 1 aliphatic rings. The number of aliphatic carboxylic acids is 1. The van der Waals surface area contributed by atoms with Gasteiger partial charge in [-0.15, -0.1) is 0 Å². The zero-order chi connectivity index (χ0) is 28.8. The molecule has 0 amide bonds. The number of carboxylic acids is 1. The lowest BCUT2D eigenvalue weighted by molar-refractivity contribution is -0.422. The van der Waals surface area contributed by atoms with Gasteiger partial charge in [0.2, 0.25) is 0 Å². The van der Waals surface area contributed by atoms with Gasteiger partial charge < -0.3 is 9.90 Å². The molecule has 0 N–H and O–H groups in total. The number of allylic oxidation sites excluding steroid dienone is 5. The molecule has 0 aromatic carbocycles. The fourth-order valence-corrected chi connectivity index (χ4v) is 3.73. The normalized spacial score (nSPS) is 19.6. The van der Waals surface area contributed by atoms with Gasteiger partial charge in [0.25, 0.3) is 0 Å². The highest BCUT2D eigenvalue weighted by atomic mass is 127. The molecule has 0 radical (unpaired) electrons. The van der Waals surface area contributed by atoms with Crippen LogP contribution in [0.1, 0.15) is 25.7 Å². The molecule has 2 nitrogen and oxygen atoms in total. The highest BCUT2D eigenvalue weighted by molar-refractivity contribution is 14.1. The van der Waals surface area contributed by atoms with E-state index in [1.807, 2.05) is 0 Å². The Hall–Kier alpha value is -1.63. The van der Waals surface area contributed by atoms with Crippen molar-refractivity contribution in [2.24, 2.45) is 0 Å². The molecule has 0 fully saturated rings. The van der Waals surface area contributed by atoms with E-state index in [1.165, 1.54) is 0 Å². The van der Waals surface area contributed by atoms with Gasteiger partial charge in [0.1, 0.15) is 0 Å². The van der Waals surface area contributed by atoms with E-state index in [0.717, 1.165) is 22.6 Å². The molecule has 0 aromatic rings. The van der Waals surface area contributed by atoms with Crippen LogP contribution in [-0.4, -0.2) is 47.7 Å². The summed E-state index contributed by atoms with van der Waals surface area (Å²) in [6.07, 6.45) is -11.4. The van der Waals surface area contributed by atoms with Crippen molar-refractivity contribution >= 4 is 28.6 Å². The van der Waals surface area contributed by atoms with E-state index < -0.39 is 88.1 Å². The minimum absolute atomic E-state index is 0.251. The van der Waals surface area contributed by atoms with Crippen molar-refractivity contribution in [1.29, 1.82) is 0 Å². The minimum Gasteiger partial charge on any atom is -0.545 e. The average molecular weight is 671 g/mol. The topological polar surface area (TPSA) is 40.1 Å². The van der Waals surface area contributed by atoms with Crippen molar-refractivity contribution in [3.05, 3.63) is 33.0 Å². The third kappa shape index (κ3) is 5.46. The molecular formula is C18H11F15IO2-. The van der Waals surface area contributed by atoms with Crippen LogP contribution in [0.5, 0.6) is 0 Å². The largest absolute Gasteiger partial charge is 0.545 e. The Morgan fingerprint density at radius 3 is 1.75 bits per heavy atom. The molecule has 208 valence electrons. The summed E-state index contributed by atoms with van der Waals surface area (Å²) >= 11 is 1.10. The van der Waals surface area contributed by atoms with E-state index in [0.29, 0.717) is 12.2 Å². The molecule has 0 aromatic heterocycles. The van der Waals surface area contributed by atoms with Gasteiger partial charge in [-0.3, -0.25) is 0 Å². The molecule has 0 heterocycles. The van der Waals surface area contributed by atoms with Gasteiger partial charge >= 0.3 is 41.7 Å². The third-order valence-corrected chi connectivity index (χ3v) is 5.75. The standard InChI is InChI=1S/C18H12F15IO2/c19-12(20,15(25,26)16(27,28)17(29,30)18(31,32)33)6-4-2-1-3-5-8-9(34)7-13(21,22)14(23,24)10(8)11(35)36/h1-2,7H,3-6H2,(H,35,36)/p-1. The number of hydrogen-bond acceptors (Lipinski definition) is 2. The number of alkyl halides is 15. The lowest BCUT2D eigenvalue weighted by atomic mass is 9.89. The Labute approximate surface area is 205 Å². The third-order valence-electron chi connectivity index (χ3n) is 4.79. The zero-order valence-electron chi connectivity index (χ0n) is 16.9. The first-order valence-corrected chi connectivity index (χ1v) is 10.2. The summed E-state index contributed by atoms with van der Waals surface area (Å²) in [7, 11) is 0. The van der Waals surface area contributed by atoms with Crippen LogP contribution in [0, 0.1) is 0 Å². The summed E-state index contributed by atoms with van der Waals surface area (Å²) in [5, 5.41) is 11.0. The predicted molar refractivity (Wildman–Crippen MR) is 97.5 cm³/mol. The highest BCUT2D eigenvalue weighted by Gasteiger charge is 2.86. The quantitative estimate of drug-likeness (QED) is 0.145. The fourth-order valence-electron chi connectivity index (χ4n) is 2.80. The molecule has 0 aliphatic heterocycles. The van der Waals surface area contributed by atoms with Crippen LogP contribution in [0.25, 0.3) is 0 Å². The maximum atomic E-state index is 13.8. The number of carboxylic acid groups (broad SMARTS) is 1. The predicted octanol–water partition coefficient (Wildman–Crippen LogP) is 6.86. The van der Waals surface area contributed by atoms with Gasteiger partial charge in [-0.05, 0) is 47.4 Å². The van der Waals surface area contributed by atoms with Crippen molar-refractivity contribution in [3.8, 4) is 0 Å². The Morgan fingerprint density at radius 2 is 1.31 bits per heavy atom. The van der Waals surface area contributed by atoms with Gasteiger partial charge in [0, 0.05) is 16.1 Å². The van der Waals surface area contributed by atoms with Gasteiger partial charge in [-0.2, -0.15) is 65.9 Å². The number of halogens is 16. The number of rotatable bonds is 10. The molecule has 0 saturated heterocycles. The lowest BCUT2D eigenvalue weighted by Gasteiger charge is -2.37. The second-order valence-corrected chi connectivity index (χ2v) is 8.47. The molecule has 18 heteroatoms. The Balaban J connectivity index is 2.97. The molecule has 0 spiro atoms. The Morgan fingerprint density at radius 1 is 0.833 bits per heavy atom. The second-order valence-electron chi connectivity index (χ2n) is 7.30. The van der Waals surface area contributed by atoms with Crippen LogP contribution in [0.2, 0.25) is 0 Å². The SMILES string of the molecule is O=C([O-])C1=C(CCC=CCCC(F)(F)C(F)(F)C(F)(F)C(F)(F)C(F)(F)F)C(I)=CC(F)(F)C1(F)F. The van der Waals surface area contributed by atoms with Crippen LogP contribution in [-0.2, 0) is 4.79 Å². The first kappa shape index (κ1) is 32.4. The van der Waals surface area contributed by atoms with Gasteiger partial charge in [0.15, 0.2) is 0 Å². The molecule has 0 saturated carbocycles. The zero-order valence-corrected chi connectivity index (χ0v) is 19.1. The van der Waals surface area contributed by atoms with Crippen molar-refractivity contribution in [2.45, 2.75) is 67.4 Å². The van der Waals surface area contributed by atoms with Gasteiger partial charge in [-0.1, -0.05) is 12.2 Å². The molecule has 36 heavy (non-hydrogen) atoms. The van der Waals surface area contributed by atoms with E-state index in [2.05, 4.69) is 0 Å². The van der Waals surface area contributed by atoms with Crippen LogP contribution in [0.3, 0.4) is 0 Å². The van der Waals surface area contributed by atoms with E-state index >= 15 is 0 Å². The molecule has 0 atom stereocenters. The van der Waals surface area contributed by atoms with E-state index in [9.17, 15) is 75.8 Å². The summed E-state index contributed by atoms with van der Waals surface area (Å²) in [5.41, 5.74) is -2.92. The first-order chi connectivity index (χ1) is 15.8. The van der Waals surface area contributed by atoms with Crippen molar-refractivity contribution < 1.29 is 75.8 Å². The van der Waals surface area contributed by atoms with Crippen LogP contribution < -0.4 is 5.11 Å². The minimum atomic E-state index is -7.55. The molecule has 0 unspecified atom stereocenters. The number of carbonyl (C=O) groups is 1. The molecule has 1 rings (SSSR count). The first-order valence-electron chi connectivity index (χ1n) is 9.12. The summed E-state index contributed by atoms with van der Waals surface area (Å²) in [4.78, 5) is 11.0. The van der Waals surface area contributed by atoms with Crippen molar-refractivity contribution in [1.82, 2.24) is 0 Å². The smallest absolute Gasteiger partial charge is 0.460 e. The van der Waals surface area contributed by atoms with Crippen LogP contribution in [0.4, 0.5) is 65.9 Å². The average Bonchev–Trinajstić information content (AvgIpc) is 2.66. The van der Waals surface area contributed by atoms with Gasteiger partial charge in [-0.25, -0.2) is 0 Å².